The van der Waals surface area contributed by atoms with E-state index in [1.165, 1.54) is 18.4 Å². The number of rotatable bonds is 6. The SMILES string of the molecule is CCC(CNc1ncnc2c1CCCC2)CC(=O)O. The zero-order valence-corrected chi connectivity index (χ0v) is 11.4. The fraction of sp³-hybridized carbons (Fsp3) is 0.643. The van der Waals surface area contributed by atoms with Gasteiger partial charge in [0.1, 0.15) is 12.1 Å². The van der Waals surface area contributed by atoms with Crippen LogP contribution in [0.1, 0.15) is 43.9 Å². The van der Waals surface area contributed by atoms with Gasteiger partial charge in [-0.2, -0.15) is 0 Å². The second-order valence-electron chi connectivity index (χ2n) is 5.11. The molecule has 1 aromatic rings. The van der Waals surface area contributed by atoms with Crippen molar-refractivity contribution in [2.45, 2.75) is 45.4 Å². The zero-order chi connectivity index (χ0) is 13.7. The number of nitrogens with one attached hydrogen (secondary N) is 1. The predicted octanol–water partition coefficient (Wildman–Crippen LogP) is 2.27. The molecule has 0 bridgehead atoms. The van der Waals surface area contributed by atoms with E-state index < -0.39 is 5.97 Å². The van der Waals surface area contributed by atoms with Gasteiger partial charge in [0, 0.05) is 24.2 Å². The molecule has 0 aliphatic heterocycles. The summed E-state index contributed by atoms with van der Waals surface area (Å²) in [5.41, 5.74) is 2.37. The third-order valence-corrected chi connectivity index (χ3v) is 3.72. The van der Waals surface area contributed by atoms with Crippen LogP contribution in [0.3, 0.4) is 0 Å². The molecule has 0 spiro atoms. The molecule has 2 rings (SSSR count). The molecule has 0 aromatic carbocycles. The number of hydrogen-bond acceptors (Lipinski definition) is 4. The Kier molecular flexibility index (Phi) is 4.71. The molecule has 0 saturated carbocycles. The van der Waals surface area contributed by atoms with Crippen LogP contribution in [0.25, 0.3) is 0 Å². The average Bonchev–Trinajstić information content (AvgIpc) is 2.43. The van der Waals surface area contributed by atoms with E-state index in [1.54, 1.807) is 6.33 Å². The van der Waals surface area contributed by atoms with E-state index in [-0.39, 0.29) is 12.3 Å². The van der Waals surface area contributed by atoms with Crippen molar-refractivity contribution in [1.82, 2.24) is 9.97 Å². The van der Waals surface area contributed by atoms with E-state index in [0.29, 0.717) is 6.54 Å². The summed E-state index contributed by atoms with van der Waals surface area (Å²) in [6, 6.07) is 0. The van der Waals surface area contributed by atoms with Gasteiger partial charge in [-0.3, -0.25) is 4.79 Å². The molecule has 1 heterocycles. The summed E-state index contributed by atoms with van der Waals surface area (Å²) in [7, 11) is 0. The molecule has 0 saturated heterocycles. The molecule has 1 unspecified atom stereocenters. The summed E-state index contributed by atoms with van der Waals surface area (Å²) >= 11 is 0. The quantitative estimate of drug-likeness (QED) is 0.823. The number of carbonyl (C=O) groups is 1. The van der Waals surface area contributed by atoms with E-state index >= 15 is 0 Å². The maximum atomic E-state index is 10.8. The van der Waals surface area contributed by atoms with Gasteiger partial charge in [0.15, 0.2) is 0 Å². The first-order valence-electron chi connectivity index (χ1n) is 6.99. The van der Waals surface area contributed by atoms with E-state index in [2.05, 4.69) is 15.3 Å². The maximum absolute atomic E-state index is 10.8. The minimum atomic E-state index is -0.738. The first-order chi connectivity index (χ1) is 9.20. The molecule has 2 N–H and O–H groups in total. The van der Waals surface area contributed by atoms with Gasteiger partial charge >= 0.3 is 5.97 Å². The predicted molar refractivity (Wildman–Crippen MR) is 73.2 cm³/mol. The van der Waals surface area contributed by atoms with E-state index in [1.807, 2.05) is 6.92 Å². The van der Waals surface area contributed by atoms with Crippen LogP contribution in [-0.4, -0.2) is 27.6 Å². The molecule has 104 valence electrons. The van der Waals surface area contributed by atoms with Gasteiger partial charge in [-0.25, -0.2) is 9.97 Å². The number of hydrogen-bond donors (Lipinski definition) is 2. The molecule has 5 nitrogen and oxygen atoms in total. The number of anilines is 1. The Hall–Kier alpha value is -1.65. The largest absolute Gasteiger partial charge is 0.481 e. The van der Waals surface area contributed by atoms with Gasteiger partial charge in [0.05, 0.1) is 0 Å². The van der Waals surface area contributed by atoms with Crippen molar-refractivity contribution in [2.75, 3.05) is 11.9 Å². The molecule has 1 aliphatic rings. The molecule has 1 atom stereocenters. The van der Waals surface area contributed by atoms with Crippen LogP contribution in [0.5, 0.6) is 0 Å². The second-order valence-corrected chi connectivity index (χ2v) is 5.11. The second kappa shape index (κ2) is 6.50. The van der Waals surface area contributed by atoms with Gasteiger partial charge in [-0.05, 0) is 31.6 Å². The lowest BCUT2D eigenvalue weighted by Crippen LogP contribution is -2.20. The number of aliphatic carboxylic acids is 1. The Morgan fingerprint density at radius 3 is 2.95 bits per heavy atom. The number of aryl methyl sites for hydroxylation is 1. The smallest absolute Gasteiger partial charge is 0.303 e. The first kappa shape index (κ1) is 13.8. The lowest BCUT2D eigenvalue weighted by molar-refractivity contribution is -0.138. The average molecular weight is 263 g/mol. The lowest BCUT2D eigenvalue weighted by atomic mass is 9.96. The fourth-order valence-electron chi connectivity index (χ4n) is 2.52. The van der Waals surface area contributed by atoms with Gasteiger partial charge in [0.25, 0.3) is 0 Å². The molecular formula is C14H21N3O2. The highest BCUT2D eigenvalue weighted by molar-refractivity contribution is 5.67. The van der Waals surface area contributed by atoms with Crippen molar-refractivity contribution in [3.63, 3.8) is 0 Å². The van der Waals surface area contributed by atoms with E-state index in [0.717, 1.165) is 30.8 Å². The first-order valence-corrected chi connectivity index (χ1v) is 6.99. The van der Waals surface area contributed by atoms with Crippen LogP contribution >= 0.6 is 0 Å². The maximum Gasteiger partial charge on any atom is 0.303 e. The third kappa shape index (κ3) is 3.66. The van der Waals surface area contributed by atoms with E-state index in [4.69, 9.17) is 5.11 Å². The summed E-state index contributed by atoms with van der Waals surface area (Å²) in [5.74, 6) is 0.304. The standard InChI is InChI=1S/C14H21N3O2/c1-2-10(7-13(18)19)8-15-14-11-5-3-4-6-12(11)16-9-17-14/h9-10H,2-8H2,1H3,(H,18,19)(H,15,16,17). The molecule has 0 amide bonds. The van der Waals surface area contributed by atoms with E-state index in [9.17, 15) is 4.79 Å². The van der Waals surface area contributed by atoms with Crippen LogP contribution in [0.2, 0.25) is 0 Å². The minimum Gasteiger partial charge on any atom is -0.481 e. The molecular weight excluding hydrogens is 242 g/mol. The summed E-state index contributed by atoms with van der Waals surface area (Å²) in [6.07, 6.45) is 7.09. The minimum absolute atomic E-state index is 0.145. The van der Waals surface area contributed by atoms with Gasteiger partial charge in [-0.15, -0.1) is 0 Å². The highest BCUT2D eigenvalue weighted by atomic mass is 16.4. The van der Waals surface area contributed by atoms with Crippen LogP contribution in [0, 0.1) is 5.92 Å². The Morgan fingerprint density at radius 2 is 2.21 bits per heavy atom. The van der Waals surface area contributed by atoms with Gasteiger partial charge in [-0.1, -0.05) is 13.3 Å². The van der Waals surface area contributed by atoms with Crippen molar-refractivity contribution >= 4 is 11.8 Å². The molecule has 0 fully saturated rings. The molecule has 0 radical (unpaired) electrons. The normalized spacial score (nSPS) is 15.6. The fourth-order valence-corrected chi connectivity index (χ4v) is 2.52. The van der Waals surface area contributed by atoms with Crippen molar-refractivity contribution in [2.24, 2.45) is 5.92 Å². The Balaban J connectivity index is 2.01. The Bertz CT molecular complexity index is 448. The summed E-state index contributed by atoms with van der Waals surface area (Å²) in [5, 5.41) is 12.2. The van der Waals surface area contributed by atoms with Crippen LogP contribution in [0.15, 0.2) is 6.33 Å². The third-order valence-electron chi connectivity index (χ3n) is 3.72. The Morgan fingerprint density at radius 1 is 1.42 bits per heavy atom. The summed E-state index contributed by atoms with van der Waals surface area (Å²) < 4.78 is 0. The van der Waals surface area contributed by atoms with Crippen molar-refractivity contribution < 1.29 is 9.90 Å². The number of nitrogens with zero attached hydrogens (tertiary/aromatic N) is 2. The van der Waals surface area contributed by atoms with Crippen molar-refractivity contribution in [3.05, 3.63) is 17.6 Å². The highest BCUT2D eigenvalue weighted by Crippen LogP contribution is 2.24. The number of aromatic nitrogens is 2. The topological polar surface area (TPSA) is 75.1 Å². The van der Waals surface area contributed by atoms with Crippen LogP contribution in [0.4, 0.5) is 5.82 Å². The monoisotopic (exact) mass is 263 g/mol. The van der Waals surface area contributed by atoms with Crippen LogP contribution < -0.4 is 5.32 Å². The number of carboxylic acids is 1. The number of fused-ring (bicyclic) bond motifs is 1. The molecule has 1 aliphatic carbocycles. The van der Waals surface area contributed by atoms with Crippen molar-refractivity contribution in [1.29, 1.82) is 0 Å². The molecule has 19 heavy (non-hydrogen) atoms. The molecule has 1 aromatic heterocycles. The molecule has 5 heteroatoms. The summed E-state index contributed by atoms with van der Waals surface area (Å²) in [4.78, 5) is 19.4. The highest BCUT2D eigenvalue weighted by Gasteiger charge is 2.17. The van der Waals surface area contributed by atoms with Gasteiger partial charge in [0.2, 0.25) is 0 Å². The zero-order valence-electron chi connectivity index (χ0n) is 11.4. The van der Waals surface area contributed by atoms with Crippen molar-refractivity contribution in [3.8, 4) is 0 Å². The van der Waals surface area contributed by atoms with Gasteiger partial charge < -0.3 is 10.4 Å². The lowest BCUT2D eigenvalue weighted by Gasteiger charge is -2.20. The Labute approximate surface area is 113 Å². The number of carboxylic acid groups (broad SMARTS) is 1. The summed E-state index contributed by atoms with van der Waals surface area (Å²) in [6.45, 7) is 2.68. The van der Waals surface area contributed by atoms with Crippen LogP contribution in [-0.2, 0) is 17.6 Å².